The summed E-state index contributed by atoms with van der Waals surface area (Å²) in [5.41, 5.74) is 6.08. The minimum absolute atomic E-state index is 0.757. The van der Waals surface area contributed by atoms with Crippen molar-refractivity contribution in [3.63, 3.8) is 0 Å². The molecular weight excluding hydrogens is 364 g/mol. The lowest BCUT2D eigenvalue weighted by Gasteiger charge is -2.30. The van der Waals surface area contributed by atoms with E-state index < -0.39 is 0 Å². The van der Waals surface area contributed by atoms with Crippen molar-refractivity contribution in [3.8, 4) is 11.5 Å². The molecule has 2 heterocycles. The SMILES string of the molecule is COc1cc2c(cc1OC)CN(c1cc(Nc3ccc(C)c(C)c3)ncn1)CC2. The third-order valence-corrected chi connectivity index (χ3v) is 5.47. The van der Waals surface area contributed by atoms with Crippen LogP contribution in [0.25, 0.3) is 0 Å². The van der Waals surface area contributed by atoms with E-state index in [9.17, 15) is 0 Å². The van der Waals surface area contributed by atoms with E-state index in [1.165, 1.54) is 22.3 Å². The Morgan fingerprint density at radius 3 is 2.38 bits per heavy atom. The van der Waals surface area contributed by atoms with E-state index in [4.69, 9.17) is 9.47 Å². The lowest BCUT2D eigenvalue weighted by atomic mass is 9.99. The van der Waals surface area contributed by atoms with E-state index in [0.29, 0.717) is 0 Å². The van der Waals surface area contributed by atoms with E-state index in [1.807, 2.05) is 6.07 Å². The van der Waals surface area contributed by atoms with E-state index in [2.05, 4.69) is 64.4 Å². The number of aromatic nitrogens is 2. The van der Waals surface area contributed by atoms with E-state index in [-0.39, 0.29) is 0 Å². The summed E-state index contributed by atoms with van der Waals surface area (Å²) in [5, 5.41) is 3.39. The maximum absolute atomic E-state index is 5.47. The largest absolute Gasteiger partial charge is 0.493 e. The Labute approximate surface area is 171 Å². The zero-order valence-corrected chi connectivity index (χ0v) is 17.3. The normalized spacial score (nSPS) is 13.0. The third-order valence-electron chi connectivity index (χ3n) is 5.47. The van der Waals surface area contributed by atoms with Crippen LogP contribution in [-0.4, -0.2) is 30.7 Å². The molecule has 1 aliphatic rings. The van der Waals surface area contributed by atoms with Gasteiger partial charge in [-0.1, -0.05) is 6.07 Å². The Kier molecular flexibility index (Phi) is 5.25. The highest BCUT2D eigenvalue weighted by molar-refractivity contribution is 5.61. The van der Waals surface area contributed by atoms with Crippen molar-refractivity contribution in [2.45, 2.75) is 26.8 Å². The number of anilines is 3. The van der Waals surface area contributed by atoms with Gasteiger partial charge in [0.2, 0.25) is 0 Å². The molecule has 0 unspecified atom stereocenters. The van der Waals surface area contributed by atoms with Crippen molar-refractivity contribution in [2.75, 3.05) is 31.0 Å². The molecule has 0 bridgehead atoms. The molecule has 29 heavy (non-hydrogen) atoms. The number of rotatable bonds is 5. The summed E-state index contributed by atoms with van der Waals surface area (Å²) in [6, 6.07) is 12.5. The summed E-state index contributed by atoms with van der Waals surface area (Å²) in [6.45, 7) is 5.89. The first-order valence-corrected chi connectivity index (χ1v) is 9.72. The number of nitrogens with one attached hydrogen (secondary N) is 1. The number of ether oxygens (including phenoxy) is 2. The lowest BCUT2D eigenvalue weighted by molar-refractivity contribution is 0.353. The highest BCUT2D eigenvalue weighted by atomic mass is 16.5. The predicted octanol–water partition coefficient (Wildman–Crippen LogP) is 4.42. The van der Waals surface area contributed by atoms with Gasteiger partial charge in [-0.25, -0.2) is 9.97 Å². The number of nitrogens with zero attached hydrogens (tertiary/aromatic N) is 3. The Balaban J connectivity index is 1.55. The van der Waals surface area contributed by atoms with Crippen LogP contribution in [0, 0.1) is 13.8 Å². The molecule has 0 saturated carbocycles. The molecular formula is C23H26N4O2. The van der Waals surface area contributed by atoms with Gasteiger partial charge in [0.15, 0.2) is 11.5 Å². The van der Waals surface area contributed by atoms with Crippen molar-refractivity contribution in [3.05, 3.63) is 65.0 Å². The van der Waals surface area contributed by atoms with E-state index in [1.54, 1.807) is 20.5 Å². The van der Waals surface area contributed by atoms with Crippen molar-refractivity contribution >= 4 is 17.3 Å². The Morgan fingerprint density at radius 2 is 1.66 bits per heavy atom. The Morgan fingerprint density at radius 1 is 0.897 bits per heavy atom. The first kappa shape index (κ1) is 19.1. The van der Waals surface area contributed by atoms with E-state index in [0.717, 1.165) is 48.3 Å². The van der Waals surface area contributed by atoms with Crippen LogP contribution in [0.2, 0.25) is 0 Å². The molecule has 1 aromatic heterocycles. The Bertz CT molecular complexity index is 1040. The van der Waals surface area contributed by atoms with Crippen molar-refractivity contribution < 1.29 is 9.47 Å². The molecule has 0 spiro atoms. The van der Waals surface area contributed by atoms with Crippen LogP contribution in [0.5, 0.6) is 11.5 Å². The van der Waals surface area contributed by atoms with Crippen molar-refractivity contribution in [1.82, 2.24) is 9.97 Å². The summed E-state index contributed by atoms with van der Waals surface area (Å²) in [5.74, 6) is 3.23. The molecule has 0 amide bonds. The number of methoxy groups -OCH3 is 2. The molecule has 2 aromatic carbocycles. The molecule has 0 saturated heterocycles. The zero-order chi connectivity index (χ0) is 20.4. The van der Waals surface area contributed by atoms with Crippen molar-refractivity contribution in [2.24, 2.45) is 0 Å². The van der Waals surface area contributed by atoms with Crippen molar-refractivity contribution in [1.29, 1.82) is 0 Å². The first-order chi connectivity index (χ1) is 14.1. The quantitative estimate of drug-likeness (QED) is 0.696. The molecule has 0 radical (unpaired) electrons. The van der Waals surface area contributed by atoms with Gasteiger partial charge in [0, 0.05) is 24.8 Å². The number of hydrogen-bond donors (Lipinski definition) is 1. The Hall–Kier alpha value is -3.28. The minimum Gasteiger partial charge on any atom is -0.493 e. The molecule has 4 rings (SSSR count). The molecule has 1 aliphatic heterocycles. The summed E-state index contributed by atoms with van der Waals surface area (Å²) >= 11 is 0. The molecule has 6 heteroatoms. The maximum Gasteiger partial charge on any atom is 0.161 e. The second-order valence-corrected chi connectivity index (χ2v) is 7.33. The molecule has 0 fully saturated rings. The van der Waals surface area contributed by atoms with Gasteiger partial charge < -0.3 is 19.7 Å². The molecule has 0 atom stereocenters. The number of aryl methyl sites for hydroxylation is 2. The zero-order valence-electron chi connectivity index (χ0n) is 17.3. The highest BCUT2D eigenvalue weighted by Gasteiger charge is 2.20. The van der Waals surface area contributed by atoms with E-state index >= 15 is 0 Å². The van der Waals surface area contributed by atoms with Crippen LogP contribution < -0.4 is 19.7 Å². The molecule has 0 aliphatic carbocycles. The number of fused-ring (bicyclic) bond motifs is 1. The van der Waals surface area contributed by atoms with Gasteiger partial charge in [-0.05, 0) is 66.8 Å². The monoisotopic (exact) mass is 390 g/mol. The number of benzene rings is 2. The van der Waals surface area contributed by atoms with Gasteiger partial charge >= 0.3 is 0 Å². The van der Waals surface area contributed by atoms with Gasteiger partial charge in [0.05, 0.1) is 14.2 Å². The summed E-state index contributed by atoms with van der Waals surface area (Å²) in [4.78, 5) is 11.2. The van der Waals surface area contributed by atoms with Crippen LogP contribution in [0.3, 0.4) is 0 Å². The van der Waals surface area contributed by atoms with Gasteiger partial charge in [-0.15, -0.1) is 0 Å². The summed E-state index contributed by atoms with van der Waals surface area (Å²) in [7, 11) is 3.34. The fourth-order valence-corrected chi connectivity index (χ4v) is 3.63. The van der Waals surface area contributed by atoms with Gasteiger partial charge in [0.25, 0.3) is 0 Å². The smallest absolute Gasteiger partial charge is 0.161 e. The standard InChI is InChI=1S/C23H26N4O2/c1-15-5-6-19(9-16(15)2)26-22-12-23(25-14-24-22)27-8-7-17-10-20(28-3)21(29-4)11-18(17)13-27/h5-6,9-12,14H,7-8,13H2,1-4H3,(H,24,25,26). The highest BCUT2D eigenvalue weighted by Crippen LogP contribution is 2.34. The molecule has 1 N–H and O–H groups in total. The van der Waals surface area contributed by atoms with Crippen LogP contribution in [0.4, 0.5) is 17.3 Å². The average molecular weight is 390 g/mol. The van der Waals surface area contributed by atoms with Gasteiger partial charge in [-0.2, -0.15) is 0 Å². The molecule has 6 nitrogen and oxygen atoms in total. The van der Waals surface area contributed by atoms with Gasteiger partial charge in [-0.3, -0.25) is 0 Å². The van der Waals surface area contributed by atoms with Gasteiger partial charge in [0.1, 0.15) is 18.0 Å². The average Bonchev–Trinajstić information content (AvgIpc) is 2.75. The minimum atomic E-state index is 0.757. The van der Waals surface area contributed by atoms with Crippen LogP contribution in [0.15, 0.2) is 42.7 Å². The second-order valence-electron chi connectivity index (χ2n) is 7.33. The molecule has 3 aromatic rings. The number of hydrogen-bond acceptors (Lipinski definition) is 6. The fraction of sp³-hybridized carbons (Fsp3) is 0.304. The van der Waals surface area contributed by atoms with Crippen LogP contribution in [0.1, 0.15) is 22.3 Å². The summed E-state index contributed by atoms with van der Waals surface area (Å²) in [6.07, 6.45) is 2.54. The second kappa shape index (κ2) is 7.99. The topological polar surface area (TPSA) is 59.5 Å². The van der Waals surface area contributed by atoms with Crippen LogP contribution in [-0.2, 0) is 13.0 Å². The predicted molar refractivity (Wildman–Crippen MR) is 116 cm³/mol. The maximum atomic E-state index is 5.47. The first-order valence-electron chi connectivity index (χ1n) is 9.72. The molecule has 150 valence electrons. The third kappa shape index (κ3) is 3.97. The summed E-state index contributed by atoms with van der Waals surface area (Å²) < 4.78 is 10.9. The van der Waals surface area contributed by atoms with Crippen LogP contribution >= 0.6 is 0 Å². The lowest BCUT2D eigenvalue weighted by Crippen LogP contribution is -2.31. The fourth-order valence-electron chi connectivity index (χ4n) is 3.63.